The van der Waals surface area contributed by atoms with Crippen molar-refractivity contribution in [3.05, 3.63) is 101 Å². The first kappa shape index (κ1) is 31.9. The van der Waals surface area contributed by atoms with Crippen LogP contribution in [0.15, 0.2) is 78.9 Å². The highest BCUT2D eigenvalue weighted by molar-refractivity contribution is 8.00. The van der Waals surface area contributed by atoms with Crippen molar-refractivity contribution in [1.29, 1.82) is 0 Å². The Balaban J connectivity index is 1.48. The molecule has 9 nitrogen and oxygen atoms in total. The molecule has 0 radical (unpaired) electrons. The van der Waals surface area contributed by atoms with Crippen molar-refractivity contribution in [1.82, 2.24) is 20.9 Å². The number of rotatable bonds is 11. The number of ether oxygens (including phenoxy) is 1. The third kappa shape index (κ3) is 8.30. The lowest BCUT2D eigenvalue weighted by Crippen LogP contribution is -2.59. The maximum absolute atomic E-state index is 13.8. The van der Waals surface area contributed by atoms with E-state index in [2.05, 4.69) is 16.0 Å². The van der Waals surface area contributed by atoms with E-state index < -0.39 is 34.9 Å². The molecule has 0 aliphatic carbocycles. The Kier molecular flexibility index (Phi) is 10.7. The minimum atomic E-state index is -1.58. The van der Waals surface area contributed by atoms with Gasteiger partial charge in [0, 0.05) is 17.8 Å². The summed E-state index contributed by atoms with van der Waals surface area (Å²) in [5.41, 5.74) is 3.73. The van der Waals surface area contributed by atoms with Gasteiger partial charge in [-0.1, -0.05) is 66.7 Å². The summed E-state index contributed by atoms with van der Waals surface area (Å²) < 4.78 is 4.67. The lowest BCUT2D eigenvalue weighted by molar-refractivity contribution is -0.147. The summed E-state index contributed by atoms with van der Waals surface area (Å²) in [7, 11) is 1.57. The molecule has 1 aliphatic heterocycles. The number of carbonyl (C=O) groups excluding carboxylic acids is 3. The highest BCUT2D eigenvalue weighted by atomic mass is 32.2. The molecule has 3 aromatic carbocycles. The van der Waals surface area contributed by atoms with Gasteiger partial charge >= 0.3 is 6.03 Å². The fourth-order valence-corrected chi connectivity index (χ4v) is 6.28. The van der Waals surface area contributed by atoms with Crippen LogP contribution in [0.25, 0.3) is 0 Å². The molecule has 0 spiro atoms. The molecule has 4 amide bonds. The summed E-state index contributed by atoms with van der Waals surface area (Å²) in [4.78, 5) is 41.7. The third-order valence-electron chi connectivity index (χ3n) is 7.63. The Hall–Kier alpha value is -4.02. The summed E-state index contributed by atoms with van der Waals surface area (Å²) in [6, 6.07) is 22.2. The maximum atomic E-state index is 13.8. The number of aryl methyl sites for hydroxylation is 1. The summed E-state index contributed by atoms with van der Waals surface area (Å²) in [6.45, 7) is 6.38. The second kappa shape index (κ2) is 14.4. The number of thioether (sulfide) groups is 1. The number of methoxy groups -OCH3 is 1. The van der Waals surface area contributed by atoms with Gasteiger partial charge in [-0.3, -0.25) is 9.59 Å². The van der Waals surface area contributed by atoms with Gasteiger partial charge in [0.15, 0.2) is 6.10 Å². The van der Waals surface area contributed by atoms with Gasteiger partial charge in [0.1, 0.15) is 11.8 Å². The van der Waals surface area contributed by atoms with Gasteiger partial charge in [-0.15, -0.1) is 11.8 Å². The Morgan fingerprint density at radius 1 is 0.977 bits per heavy atom. The van der Waals surface area contributed by atoms with Gasteiger partial charge in [-0.05, 0) is 61.6 Å². The average molecular weight is 605 g/mol. The van der Waals surface area contributed by atoms with Crippen LogP contribution in [0.3, 0.4) is 0 Å². The number of urea groups is 1. The van der Waals surface area contributed by atoms with Gasteiger partial charge in [-0.25, -0.2) is 4.79 Å². The van der Waals surface area contributed by atoms with Crippen LogP contribution < -0.4 is 20.7 Å². The molecule has 1 fully saturated rings. The zero-order chi connectivity index (χ0) is 31.0. The molecule has 4 rings (SSSR count). The Morgan fingerprint density at radius 2 is 1.67 bits per heavy atom. The van der Waals surface area contributed by atoms with Crippen molar-refractivity contribution in [3.8, 4) is 5.75 Å². The van der Waals surface area contributed by atoms with E-state index in [1.807, 2.05) is 99.6 Å². The fourth-order valence-electron chi connectivity index (χ4n) is 5.14. The summed E-state index contributed by atoms with van der Waals surface area (Å²) >= 11 is 1.48. The molecule has 0 aromatic heterocycles. The van der Waals surface area contributed by atoms with E-state index in [1.165, 1.54) is 16.7 Å². The van der Waals surface area contributed by atoms with Gasteiger partial charge in [0.05, 0.1) is 19.0 Å². The van der Waals surface area contributed by atoms with Crippen LogP contribution in [0.5, 0.6) is 5.75 Å². The predicted octanol–water partition coefficient (Wildman–Crippen LogP) is 3.77. The number of carbonyl (C=O) groups is 3. The number of nitrogens with one attached hydrogen (secondary N) is 3. The first-order chi connectivity index (χ1) is 20.6. The zero-order valence-corrected chi connectivity index (χ0v) is 25.8. The molecule has 3 aromatic rings. The highest BCUT2D eigenvalue weighted by Crippen LogP contribution is 2.40. The van der Waals surface area contributed by atoms with Gasteiger partial charge in [0.2, 0.25) is 5.91 Å². The van der Waals surface area contributed by atoms with Crippen LogP contribution >= 0.6 is 11.8 Å². The maximum Gasteiger partial charge on any atom is 0.315 e. The van der Waals surface area contributed by atoms with Crippen molar-refractivity contribution in [2.45, 2.75) is 63.2 Å². The van der Waals surface area contributed by atoms with Crippen LogP contribution in [0, 0.1) is 6.92 Å². The lowest BCUT2D eigenvalue weighted by Gasteiger charge is -2.33. The van der Waals surface area contributed by atoms with Gasteiger partial charge < -0.3 is 30.7 Å². The molecule has 43 heavy (non-hydrogen) atoms. The van der Waals surface area contributed by atoms with Crippen LogP contribution in [-0.2, 0) is 29.1 Å². The van der Waals surface area contributed by atoms with E-state index in [1.54, 1.807) is 7.11 Å². The van der Waals surface area contributed by atoms with Crippen molar-refractivity contribution >= 4 is 29.6 Å². The molecular formula is C33H40N4O5S. The molecule has 10 heteroatoms. The Labute approximate surface area is 257 Å². The van der Waals surface area contributed by atoms with Crippen molar-refractivity contribution in [2.24, 2.45) is 0 Å². The number of hydrogen-bond donors (Lipinski definition) is 4. The number of hydrogen-bond acceptors (Lipinski definition) is 6. The molecule has 228 valence electrons. The molecule has 3 atom stereocenters. The Morgan fingerprint density at radius 3 is 2.40 bits per heavy atom. The zero-order valence-electron chi connectivity index (χ0n) is 25.0. The van der Waals surface area contributed by atoms with Crippen LogP contribution in [0.4, 0.5) is 4.79 Å². The fraction of sp³-hybridized carbons (Fsp3) is 0.364. The summed E-state index contributed by atoms with van der Waals surface area (Å²) in [6.07, 6.45) is -1.36. The second-order valence-electron chi connectivity index (χ2n) is 11.2. The lowest BCUT2D eigenvalue weighted by atomic mass is 9.97. The molecule has 1 heterocycles. The standard InChI is InChI=1S/C33H40N4O5S/c1-22-11-8-9-15-25(22)20-34-30(39)29-33(2,3)43-21-37(29)31(40)28(38)27(18-23-12-6-5-7-13-23)36-32(41)35-19-24-14-10-16-26(17-24)42-4/h5-17,27-29,38H,18-21H2,1-4H3,(H,34,39)(H2,35,36,41). The monoisotopic (exact) mass is 604 g/mol. The molecular weight excluding hydrogens is 564 g/mol. The molecule has 1 saturated heterocycles. The molecule has 0 saturated carbocycles. The van der Waals surface area contributed by atoms with Crippen LogP contribution in [0.1, 0.15) is 36.1 Å². The third-order valence-corrected chi connectivity index (χ3v) is 9.00. The first-order valence-corrected chi connectivity index (χ1v) is 15.2. The largest absolute Gasteiger partial charge is 0.497 e. The van der Waals surface area contributed by atoms with Gasteiger partial charge in [-0.2, -0.15) is 0 Å². The molecule has 4 N–H and O–H groups in total. The van der Waals surface area contributed by atoms with Crippen molar-refractivity contribution in [3.63, 3.8) is 0 Å². The summed E-state index contributed by atoms with van der Waals surface area (Å²) in [5, 5.41) is 20.0. The number of nitrogens with zero attached hydrogens (tertiary/aromatic N) is 1. The normalized spacial score (nSPS) is 17.0. The number of benzene rings is 3. The Bertz CT molecular complexity index is 1420. The number of amides is 4. The highest BCUT2D eigenvalue weighted by Gasteiger charge is 2.49. The van der Waals surface area contributed by atoms with Crippen molar-refractivity contribution < 1.29 is 24.2 Å². The minimum Gasteiger partial charge on any atom is -0.497 e. The van der Waals surface area contributed by atoms with E-state index in [-0.39, 0.29) is 24.7 Å². The quantitative estimate of drug-likeness (QED) is 0.265. The summed E-state index contributed by atoms with van der Waals surface area (Å²) in [5.74, 6) is 0.0166. The van der Waals surface area contributed by atoms with Crippen LogP contribution in [-0.4, -0.2) is 63.8 Å². The van der Waals surface area contributed by atoms with E-state index in [4.69, 9.17) is 4.74 Å². The average Bonchev–Trinajstić information content (AvgIpc) is 3.33. The van der Waals surface area contributed by atoms with E-state index in [9.17, 15) is 19.5 Å². The van der Waals surface area contributed by atoms with Crippen LogP contribution in [0.2, 0.25) is 0 Å². The number of aliphatic hydroxyl groups is 1. The predicted molar refractivity (Wildman–Crippen MR) is 169 cm³/mol. The van der Waals surface area contributed by atoms with Crippen molar-refractivity contribution in [2.75, 3.05) is 13.0 Å². The smallest absolute Gasteiger partial charge is 0.315 e. The molecule has 3 unspecified atom stereocenters. The minimum absolute atomic E-state index is 0.217. The molecule has 0 bridgehead atoms. The van der Waals surface area contributed by atoms with E-state index in [0.717, 1.165) is 22.3 Å². The SMILES string of the molecule is COc1cccc(CNC(=O)NC(Cc2ccccc2)C(O)C(=O)N2CSC(C)(C)C2C(=O)NCc2ccccc2C)c1. The molecule has 1 aliphatic rings. The van der Waals surface area contributed by atoms with E-state index >= 15 is 0 Å². The topological polar surface area (TPSA) is 120 Å². The van der Waals surface area contributed by atoms with Gasteiger partial charge in [0.25, 0.3) is 5.91 Å². The first-order valence-electron chi connectivity index (χ1n) is 14.2. The number of aliphatic hydroxyl groups excluding tert-OH is 1. The van der Waals surface area contributed by atoms with E-state index in [0.29, 0.717) is 12.3 Å². The second-order valence-corrected chi connectivity index (χ2v) is 12.8.